The lowest BCUT2D eigenvalue weighted by Crippen LogP contribution is -1.98. The second kappa shape index (κ2) is 8.82. The molecule has 0 saturated carbocycles. The number of hydrogen-bond donors (Lipinski definition) is 0. The molecule has 10 aromatic rings. The molecule has 44 heavy (non-hydrogen) atoms. The lowest BCUT2D eigenvalue weighted by molar-refractivity contribution is 1.15. The number of rotatable bonds is 2. The van der Waals surface area contributed by atoms with E-state index < -0.39 is 0 Å². The third-order valence-electron chi connectivity index (χ3n) is 9.45. The van der Waals surface area contributed by atoms with Crippen molar-refractivity contribution in [3.63, 3.8) is 0 Å². The molecule has 2 nitrogen and oxygen atoms in total. The van der Waals surface area contributed by atoms with Crippen LogP contribution in [0.4, 0.5) is 0 Å². The first kappa shape index (κ1) is 23.7. The molecule has 2 heterocycles. The molecule has 2 heteroatoms. The average Bonchev–Trinajstić information content (AvgIpc) is 3.62. The number of para-hydroxylation sites is 2. The van der Waals surface area contributed by atoms with Crippen LogP contribution in [-0.4, -0.2) is 9.13 Å². The number of nitrogens with zero attached hydrogens (tertiary/aromatic N) is 2. The van der Waals surface area contributed by atoms with Crippen molar-refractivity contribution in [3.8, 4) is 11.4 Å². The molecule has 0 atom stereocenters. The van der Waals surface area contributed by atoms with Gasteiger partial charge in [0, 0.05) is 32.9 Å². The zero-order valence-electron chi connectivity index (χ0n) is 23.9. The highest BCUT2D eigenvalue weighted by Gasteiger charge is 2.22. The highest BCUT2D eigenvalue weighted by atomic mass is 15.0. The molecule has 0 spiro atoms. The van der Waals surface area contributed by atoms with Gasteiger partial charge in [-0.15, -0.1) is 0 Å². The molecular formula is C42H26N2. The Kier molecular flexibility index (Phi) is 4.75. The molecule has 0 radical (unpaired) electrons. The molecule has 0 aliphatic carbocycles. The van der Waals surface area contributed by atoms with E-state index in [2.05, 4.69) is 167 Å². The van der Waals surface area contributed by atoms with E-state index in [4.69, 9.17) is 0 Å². The summed E-state index contributed by atoms with van der Waals surface area (Å²) >= 11 is 0. The molecule has 2 aromatic heterocycles. The summed E-state index contributed by atoms with van der Waals surface area (Å²) in [5, 5.41) is 12.7. The van der Waals surface area contributed by atoms with Gasteiger partial charge >= 0.3 is 0 Å². The van der Waals surface area contributed by atoms with Crippen molar-refractivity contribution in [2.45, 2.75) is 0 Å². The maximum Gasteiger partial charge on any atom is 0.0789 e. The molecule has 0 aliphatic heterocycles. The topological polar surface area (TPSA) is 9.86 Å². The standard InChI is InChI=1S/C42H26N2/c1-2-12-30(13-3-1)43-38-17-9-8-16-35(38)36-23-24-37-40-34-15-7-5-11-28(34)20-25-39(40)44(42(37)41(36)43)31-21-22-33-29(26-31)19-18-27-10-4-6-14-32(27)33/h1-26H. The summed E-state index contributed by atoms with van der Waals surface area (Å²) in [4.78, 5) is 0. The van der Waals surface area contributed by atoms with Crippen LogP contribution in [0.25, 0.3) is 87.3 Å². The van der Waals surface area contributed by atoms with Crippen molar-refractivity contribution in [2.75, 3.05) is 0 Å². The van der Waals surface area contributed by atoms with Gasteiger partial charge in [-0.2, -0.15) is 0 Å². The van der Waals surface area contributed by atoms with Gasteiger partial charge in [0.15, 0.2) is 0 Å². The van der Waals surface area contributed by atoms with Gasteiger partial charge in [-0.05, 0) is 68.7 Å². The Bertz CT molecular complexity index is 2760. The van der Waals surface area contributed by atoms with Crippen LogP contribution >= 0.6 is 0 Å². The summed E-state index contributed by atoms with van der Waals surface area (Å²) in [5.74, 6) is 0. The Hall–Kier alpha value is -5.86. The van der Waals surface area contributed by atoms with Gasteiger partial charge in [0.1, 0.15) is 0 Å². The van der Waals surface area contributed by atoms with Crippen molar-refractivity contribution in [3.05, 3.63) is 158 Å². The highest BCUT2D eigenvalue weighted by molar-refractivity contribution is 6.28. The third kappa shape index (κ3) is 3.14. The molecule has 0 N–H and O–H groups in total. The summed E-state index contributed by atoms with van der Waals surface area (Å²) in [6, 6.07) is 57.8. The molecule has 0 saturated heterocycles. The Morgan fingerprint density at radius 3 is 1.73 bits per heavy atom. The summed E-state index contributed by atoms with van der Waals surface area (Å²) in [6.07, 6.45) is 0. The first-order valence-electron chi connectivity index (χ1n) is 15.2. The van der Waals surface area contributed by atoms with Crippen molar-refractivity contribution < 1.29 is 0 Å². The lowest BCUT2D eigenvalue weighted by Gasteiger charge is -2.13. The number of aromatic nitrogens is 2. The molecule has 0 aliphatic rings. The van der Waals surface area contributed by atoms with Gasteiger partial charge in [-0.3, -0.25) is 0 Å². The van der Waals surface area contributed by atoms with Crippen LogP contribution in [0.2, 0.25) is 0 Å². The molecule has 0 amide bonds. The van der Waals surface area contributed by atoms with E-state index >= 15 is 0 Å². The molecular weight excluding hydrogens is 532 g/mol. The minimum absolute atomic E-state index is 1.16. The Balaban J connectivity index is 1.44. The van der Waals surface area contributed by atoms with Crippen LogP contribution in [0.1, 0.15) is 0 Å². The predicted molar refractivity (Wildman–Crippen MR) is 188 cm³/mol. The van der Waals surface area contributed by atoms with Crippen molar-refractivity contribution in [2.24, 2.45) is 0 Å². The summed E-state index contributed by atoms with van der Waals surface area (Å²) in [7, 11) is 0. The van der Waals surface area contributed by atoms with E-state index in [9.17, 15) is 0 Å². The number of benzene rings is 8. The van der Waals surface area contributed by atoms with E-state index in [0.717, 1.165) is 5.69 Å². The van der Waals surface area contributed by atoms with Crippen molar-refractivity contribution in [1.82, 2.24) is 9.13 Å². The first-order valence-corrected chi connectivity index (χ1v) is 15.2. The van der Waals surface area contributed by atoms with E-state index in [-0.39, 0.29) is 0 Å². The van der Waals surface area contributed by atoms with Gasteiger partial charge in [0.2, 0.25) is 0 Å². The molecule has 0 fully saturated rings. The Labute approximate surface area is 253 Å². The van der Waals surface area contributed by atoms with Gasteiger partial charge in [-0.25, -0.2) is 0 Å². The fourth-order valence-electron chi connectivity index (χ4n) is 7.57. The van der Waals surface area contributed by atoms with Crippen LogP contribution < -0.4 is 0 Å². The minimum atomic E-state index is 1.16. The SMILES string of the molecule is c1ccc(-n2c3ccccc3c3ccc4c5c6ccccc6ccc5n(-c5ccc6c(ccc7ccccc76)c5)c4c32)cc1. The van der Waals surface area contributed by atoms with E-state index in [1.54, 1.807) is 0 Å². The van der Waals surface area contributed by atoms with Crippen LogP contribution in [0.5, 0.6) is 0 Å². The fourth-order valence-corrected chi connectivity index (χ4v) is 7.57. The number of fused-ring (bicyclic) bond motifs is 12. The van der Waals surface area contributed by atoms with Crippen LogP contribution in [-0.2, 0) is 0 Å². The molecule has 0 bridgehead atoms. The zero-order valence-corrected chi connectivity index (χ0v) is 23.9. The quantitative estimate of drug-likeness (QED) is 0.187. The van der Waals surface area contributed by atoms with Crippen LogP contribution in [0.15, 0.2) is 158 Å². The first-order chi connectivity index (χ1) is 21.8. The lowest BCUT2D eigenvalue weighted by atomic mass is 10.0. The monoisotopic (exact) mass is 558 g/mol. The zero-order chi connectivity index (χ0) is 28.8. The molecule has 204 valence electrons. The maximum absolute atomic E-state index is 2.51. The van der Waals surface area contributed by atoms with Crippen molar-refractivity contribution in [1.29, 1.82) is 0 Å². The van der Waals surface area contributed by atoms with E-state index in [0.29, 0.717) is 0 Å². The second-order valence-corrected chi connectivity index (χ2v) is 11.8. The van der Waals surface area contributed by atoms with Gasteiger partial charge in [0.25, 0.3) is 0 Å². The molecule has 0 unspecified atom stereocenters. The maximum atomic E-state index is 2.51. The minimum Gasteiger partial charge on any atom is -0.307 e. The molecule has 8 aromatic carbocycles. The second-order valence-electron chi connectivity index (χ2n) is 11.8. The summed E-state index contributed by atoms with van der Waals surface area (Å²) < 4.78 is 4.96. The van der Waals surface area contributed by atoms with Gasteiger partial charge < -0.3 is 9.13 Å². The van der Waals surface area contributed by atoms with E-state index in [1.165, 1.54) is 81.6 Å². The summed E-state index contributed by atoms with van der Waals surface area (Å²) in [6.45, 7) is 0. The summed E-state index contributed by atoms with van der Waals surface area (Å²) in [5.41, 5.74) is 7.23. The Morgan fingerprint density at radius 1 is 0.295 bits per heavy atom. The van der Waals surface area contributed by atoms with E-state index in [1.807, 2.05) is 0 Å². The highest BCUT2D eigenvalue weighted by Crippen LogP contribution is 2.44. The van der Waals surface area contributed by atoms with Crippen LogP contribution in [0.3, 0.4) is 0 Å². The van der Waals surface area contributed by atoms with Gasteiger partial charge in [-0.1, -0.05) is 121 Å². The smallest absolute Gasteiger partial charge is 0.0789 e. The molecule has 10 rings (SSSR count). The van der Waals surface area contributed by atoms with Crippen LogP contribution in [0, 0.1) is 0 Å². The number of hydrogen-bond acceptors (Lipinski definition) is 0. The fraction of sp³-hybridized carbons (Fsp3) is 0. The normalized spacial score (nSPS) is 12.1. The van der Waals surface area contributed by atoms with Gasteiger partial charge in [0.05, 0.1) is 22.1 Å². The Morgan fingerprint density at radius 2 is 0.864 bits per heavy atom. The van der Waals surface area contributed by atoms with Crippen molar-refractivity contribution >= 4 is 75.9 Å². The third-order valence-corrected chi connectivity index (χ3v) is 9.45. The largest absolute Gasteiger partial charge is 0.307 e. The predicted octanol–water partition coefficient (Wildman–Crippen LogP) is 11.3. The average molecular weight is 559 g/mol.